The van der Waals surface area contributed by atoms with Gasteiger partial charge in [-0.2, -0.15) is 4.31 Å². The van der Waals surface area contributed by atoms with Crippen molar-refractivity contribution in [1.82, 2.24) is 14.3 Å². The van der Waals surface area contributed by atoms with E-state index in [9.17, 15) is 8.42 Å². The van der Waals surface area contributed by atoms with Crippen molar-refractivity contribution < 1.29 is 8.42 Å². The van der Waals surface area contributed by atoms with E-state index in [-0.39, 0.29) is 0 Å². The molecule has 0 aliphatic carbocycles. The smallest absolute Gasteiger partial charge is 0.243 e. The number of rotatable bonds is 4. The lowest BCUT2D eigenvalue weighted by molar-refractivity contribution is 0.383. The Hall–Kier alpha value is -2.77. The van der Waals surface area contributed by atoms with Crippen molar-refractivity contribution in [3.8, 4) is 11.3 Å². The maximum absolute atomic E-state index is 13.3. The molecule has 1 aromatic heterocycles. The van der Waals surface area contributed by atoms with Crippen LogP contribution in [0.25, 0.3) is 11.3 Å². The number of sulfonamides is 1. The molecule has 1 aliphatic heterocycles. The van der Waals surface area contributed by atoms with E-state index >= 15 is 0 Å². The highest BCUT2D eigenvalue weighted by molar-refractivity contribution is 7.89. The largest absolute Gasteiger partial charge is 0.354 e. The van der Waals surface area contributed by atoms with Gasteiger partial charge < -0.3 is 4.90 Å². The van der Waals surface area contributed by atoms with Crippen molar-refractivity contribution in [2.24, 2.45) is 0 Å². The Kier molecular flexibility index (Phi) is 5.81. The summed E-state index contributed by atoms with van der Waals surface area (Å²) in [5, 5.41) is 0. The van der Waals surface area contributed by atoms with Gasteiger partial charge in [0, 0.05) is 37.8 Å². The predicted molar refractivity (Wildman–Crippen MR) is 124 cm³/mol. The van der Waals surface area contributed by atoms with E-state index in [1.54, 1.807) is 16.7 Å². The van der Waals surface area contributed by atoms with Gasteiger partial charge in [-0.05, 0) is 56.0 Å². The molecular weight excluding hydrogens is 408 g/mol. The van der Waals surface area contributed by atoms with Crippen LogP contribution in [0, 0.1) is 27.7 Å². The highest BCUT2D eigenvalue weighted by atomic mass is 32.2. The van der Waals surface area contributed by atoms with Crippen molar-refractivity contribution in [3.05, 3.63) is 71.0 Å². The van der Waals surface area contributed by atoms with Gasteiger partial charge in [0.2, 0.25) is 10.0 Å². The number of hydrogen-bond donors (Lipinski definition) is 0. The molecule has 0 atom stereocenters. The van der Waals surface area contributed by atoms with Gasteiger partial charge in [-0.15, -0.1) is 0 Å². The normalized spacial score (nSPS) is 15.3. The fraction of sp³-hybridized carbons (Fsp3) is 0.333. The summed E-state index contributed by atoms with van der Waals surface area (Å²) in [5.41, 5.74) is 6.01. The summed E-state index contributed by atoms with van der Waals surface area (Å²) < 4.78 is 28.1. The monoisotopic (exact) mass is 436 g/mol. The van der Waals surface area contributed by atoms with E-state index in [4.69, 9.17) is 0 Å². The van der Waals surface area contributed by atoms with Gasteiger partial charge in [0.1, 0.15) is 12.1 Å². The van der Waals surface area contributed by atoms with Crippen LogP contribution < -0.4 is 4.90 Å². The van der Waals surface area contributed by atoms with Gasteiger partial charge in [-0.1, -0.05) is 30.3 Å². The first kappa shape index (κ1) is 21.5. The molecule has 1 fully saturated rings. The van der Waals surface area contributed by atoms with Crippen LogP contribution >= 0.6 is 0 Å². The zero-order valence-electron chi connectivity index (χ0n) is 18.5. The van der Waals surface area contributed by atoms with E-state index in [0.717, 1.165) is 39.3 Å². The lowest BCUT2D eigenvalue weighted by Crippen LogP contribution is -2.49. The Morgan fingerprint density at radius 3 is 2.16 bits per heavy atom. The number of benzene rings is 2. The standard InChI is InChI=1S/C24H28N4O2S/c1-17-7-5-6-8-21(17)22-15-24(26-16-25-22)27-9-11-28(12-10-27)31(29,30)23-14-19(3)18(2)13-20(23)4/h5-8,13-16H,9-12H2,1-4H3. The molecule has 0 spiro atoms. The Bertz CT molecular complexity index is 1220. The average Bonchev–Trinajstić information content (AvgIpc) is 2.76. The summed E-state index contributed by atoms with van der Waals surface area (Å²) in [6.07, 6.45) is 1.58. The highest BCUT2D eigenvalue weighted by Crippen LogP contribution is 2.27. The Labute approximate surface area is 184 Å². The van der Waals surface area contributed by atoms with Crippen molar-refractivity contribution in [3.63, 3.8) is 0 Å². The molecule has 31 heavy (non-hydrogen) atoms. The predicted octanol–water partition coefficient (Wildman–Crippen LogP) is 3.89. The fourth-order valence-corrected chi connectivity index (χ4v) is 5.75. The Balaban J connectivity index is 1.52. The molecule has 3 aromatic rings. The van der Waals surface area contributed by atoms with Crippen molar-refractivity contribution in [2.45, 2.75) is 32.6 Å². The van der Waals surface area contributed by atoms with Gasteiger partial charge in [0.15, 0.2) is 0 Å². The minimum Gasteiger partial charge on any atom is -0.354 e. The van der Waals surface area contributed by atoms with E-state index < -0.39 is 10.0 Å². The van der Waals surface area contributed by atoms with E-state index in [1.807, 2.05) is 45.0 Å². The van der Waals surface area contributed by atoms with Crippen molar-refractivity contribution >= 4 is 15.8 Å². The molecule has 2 heterocycles. The molecule has 1 aliphatic rings. The first-order chi connectivity index (χ1) is 14.8. The SMILES string of the molecule is Cc1cc(C)c(S(=O)(=O)N2CCN(c3cc(-c4ccccc4C)ncn3)CC2)cc1C. The second-order valence-electron chi connectivity index (χ2n) is 8.17. The highest BCUT2D eigenvalue weighted by Gasteiger charge is 2.30. The number of aryl methyl sites for hydroxylation is 4. The van der Waals surface area contributed by atoms with Gasteiger partial charge >= 0.3 is 0 Å². The molecule has 2 aromatic carbocycles. The maximum atomic E-state index is 13.3. The number of anilines is 1. The number of nitrogens with zero attached hydrogens (tertiary/aromatic N) is 4. The Morgan fingerprint density at radius 1 is 0.774 bits per heavy atom. The molecule has 0 saturated carbocycles. The quantitative estimate of drug-likeness (QED) is 0.621. The molecule has 1 saturated heterocycles. The van der Waals surface area contributed by atoms with Gasteiger partial charge in [0.25, 0.3) is 0 Å². The maximum Gasteiger partial charge on any atom is 0.243 e. The van der Waals surface area contributed by atoms with Crippen molar-refractivity contribution in [1.29, 1.82) is 0 Å². The van der Waals surface area contributed by atoms with Crippen LogP contribution in [0.2, 0.25) is 0 Å². The molecular formula is C24H28N4O2S. The minimum atomic E-state index is -3.52. The third-order valence-corrected chi connectivity index (χ3v) is 8.09. The van der Waals surface area contributed by atoms with Crippen molar-refractivity contribution in [2.75, 3.05) is 31.1 Å². The number of aromatic nitrogens is 2. The lowest BCUT2D eigenvalue weighted by Gasteiger charge is -2.35. The summed E-state index contributed by atoms with van der Waals surface area (Å²) in [5.74, 6) is 0.827. The topological polar surface area (TPSA) is 66.4 Å². The summed E-state index contributed by atoms with van der Waals surface area (Å²) in [7, 11) is -3.52. The Morgan fingerprint density at radius 2 is 1.45 bits per heavy atom. The van der Waals surface area contributed by atoms with E-state index in [2.05, 4.69) is 33.9 Å². The third-order valence-electron chi connectivity index (χ3n) is 6.05. The molecule has 162 valence electrons. The second kappa shape index (κ2) is 8.40. The number of hydrogen-bond acceptors (Lipinski definition) is 5. The van der Waals surface area contributed by atoms with Crippen LogP contribution in [0.1, 0.15) is 22.3 Å². The molecule has 4 rings (SSSR count). The van der Waals surface area contributed by atoms with Gasteiger partial charge in [-0.3, -0.25) is 0 Å². The van der Waals surface area contributed by atoms with Gasteiger partial charge in [0.05, 0.1) is 10.6 Å². The third kappa shape index (κ3) is 4.20. The minimum absolute atomic E-state index is 0.410. The zero-order chi connectivity index (χ0) is 22.2. The first-order valence-corrected chi connectivity index (χ1v) is 11.9. The second-order valence-corrected chi connectivity index (χ2v) is 10.1. The first-order valence-electron chi connectivity index (χ1n) is 10.5. The lowest BCUT2D eigenvalue weighted by atomic mass is 10.1. The molecule has 0 unspecified atom stereocenters. The van der Waals surface area contributed by atoms with Crippen LogP contribution in [-0.4, -0.2) is 48.9 Å². The van der Waals surface area contributed by atoms with Crippen LogP contribution in [0.3, 0.4) is 0 Å². The summed E-state index contributed by atoms with van der Waals surface area (Å²) in [6, 6.07) is 13.9. The van der Waals surface area contributed by atoms with Crippen LogP contribution in [-0.2, 0) is 10.0 Å². The van der Waals surface area contributed by atoms with Crippen LogP contribution in [0.15, 0.2) is 53.7 Å². The van der Waals surface area contributed by atoms with Gasteiger partial charge in [-0.25, -0.2) is 18.4 Å². The summed E-state index contributed by atoms with van der Waals surface area (Å²) in [4.78, 5) is 11.4. The van der Waals surface area contributed by atoms with Crippen LogP contribution in [0.5, 0.6) is 0 Å². The molecule has 7 heteroatoms. The number of piperazine rings is 1. The molecule has 0 amide bonds. The molecule has 0 radical (unpaired) electrons. The molecule has 0 bridgehead atoms. The summed E-state index contributed by atoms with van der Waals surface area (Å²) in [6.45, 7) is 9.92. The summed E-state index contributed by atoms with van der Waals surface area (Å²) >= 11 is 0. The molecule has 0 N–H and O–H groups in total. The molecule has 6 nitrogen and oxygen atoms in total. The zero-order valence-corrected chi connectivity index (χ0v) is 19.3. The van der Waals surface area contributed by atoms with E-state index in [0.29, 0.717) is 31.1 Å². The fourth-order valence-electron chi connectivity index (χ4n) is 4.04. The van der Waals surface area contributed by atoms with E-state index in [1.165, 1.54) is 0 Å². The average molecular weight is 437 g/mol. The van der Waals surface area contributed by atoms with Crippen LogP contribution in [0.4, 0.5) is 5.82 Å².